The number of aromatic nitrogens is 1. The highest BCUT2D eigenvalue weighted by molar-refractivity contribution is 7.15. The number of thiazole rings is 1. The summed E-state index contributed by atoms with van der Waals surface area (Å²) in [5.41, 5.74) is 1.33. The molecule has 1 saturated heterocycles. The summed E-state index contributed by atoms with van der Waals surface area (Å²) in [4.78, 5) is 8.96. The van der Waals surface area contributed by atoms with Crippen LogP contribution in [0.1, 0.15) is 63.4 Å². The molecule has 2 heterocycles. The Labute approximate surface area is 134 Å². The van der Waals surface area contributed by atoms with Crippen LogP contribution in [-0.2, 0) is 13.0 Å². The van der Waals surface area contributed by atoms with E-state index in [1.165, 1.54) is 60.9 Å². The first kappa shape index (κ1) is 16.8. The molecular weight excluding hydrogens is 278 g/mol. The fourth-order valence-electron chi connectivity index (χ4n) is 3.08. The summed E-state index contributed by atoms with van der Waals surface area (Å²) in [6.45, 7) is 11.1. The molecule has 0 bridgehead atoms. The quantitative estimate of drug-likeness (QED) is 0.817. The van der Waals surface area contributed by atoms with E-state index < -0.39 is 0 Å². The smallest absolute Gasteiger partial charge is 0.185 e. The van der Waals surface area contributed by atoms with E-state index in [-0.39, 0.29) is 0 Å². The molecule has 0 aromatic carbocycles. The highest BCUT2D eigenvalue weighted by atomic mass is 32.1. The van der Waals surface area contributed by atoms with E-state index in [1.807, 2.05) is 11.3 Å². The molecule has 3 nitrogen and oxygen atoms in total. The van der Waals surface area contributed by atoms with Crippen molar-refractivity contribution in [3.8, 4) is 0 Å². The van der Waals surface area contributed by atoms with Crippen molar-refractivity contribution in [3.63, 3.8) is 0 Å². The third-order valence-corrected chi connectivity index (χ3v) is 5.64. The summed E-state index contributed by atoms with van der Waals surface area (Å²) in [5.74, 6) is 0.923. The first-order chi connectivity index (χ1) is 10.3. The first-order valence-corrected chi connectivity index (χ1v) is 9.54. The largest absolute Gasteiger partial charge is 0.348 e. The van der Waals surface area contributed by atoms with Gasteiger partial charge in [0.1, 0.15) is 0 Å². The molecule has 21 heavy (non-hydrogen) atoms. The molecule has 1 atom stereocenters. The molecule has 1 aliphatic heterocycles. The second kappa shape index (κ2) is 8.74. The average Bonchev–Trinajstić information content (AvgIpc) is 2.73. The molecule has 0 amide bonds. The van der Waals surface area contributed by atoms with Crippen LogP contribution in [0.25, 0.3) is 0 Å². The molecule has 1 unspecified atom stereocenters. The lowest BCUT2D eigenvalue weighted by Gasteiger charge is -2.19. The van der Waals surface area contributed by atoms with E-state index in [2.05, 4.69) is 31.0 Å². The van der Waals surface area contributed by atoms with E-state index in [1.54, 1.807) is 0 Å². The molecule has 0 saturated carbocycles. The zero-order chi connectivity index (χ0) is 15.1. The molecule has 0 spiro atoms. The summed E-state index contributed by atoms with van der Waals surface area (Å²) in [7, 11) is 0. The molecule has 1 aromatic heterocycles. The van der Waals surface area contributed by atoms with Gasteiger partial charge in [-0.3, -0.25) is 0 Å². The van der Waals surface area contributed by atoms with Crippen molar-refractivity contribution in [3.05, 3.63) is 10.6 Å². The van der Waals surface area contributed by atoms with Crippen molar-refractivity contribution in [1.82, 2.24) is 10.3 Å². The maximum Gasteiger partial charge on any atom is 0.185 e. The van der Waals surface area contributed by atoms with Gasteiger partial charge < -0.3 is 10.2 Å². The van der Waals surface area contributed by atoms with E-state index in [4.69, 9.17) is 4.98 Å². The number of nitrogens with zero attached hydrogens (tertiary/aromatic N) is 2. The van der Waals surface area contributed by atoms with Crippen molar-refractivity contribution in [2.45, 2.75) is 65.8 Å². The maximum atomic E-state index is 4.97. The average molecular weight is 310 g/mol. The number of hydrogen-bond donors (Lipinski definition) is 1. The SMILES string of the molecule is CCCc1nc(N2CCCC(CC)CC2)sc1CNCC. The fraction of sp³-hybridized carbons (Fsp3) is 0.824. The minimum absolute atomic E-state index is 0.923. The zero-order valence-corrected chi connectivity index (χ0v) is 14.8. The molecule has 1 fully saturated rings. The summed E-state index contributed by atoms with van der Waals surface area (Å²) in [6, 6.07) is 0. The summed E-state index contributed by atoms with van der Waals surface area (Å²) < 4.78 is 0. The van der Waals surface area contributed by atoms with Gasteiger partial charge in [-0.1, -0.05) is 33.6 Å². The Balaban J connectivity index is 2.07. The lowest BCUT2D eigenvalue weighted by atomic mass is 9.98. The van der Waals surface area contributed by atoms with Crippen molar-refractivity contribution >= 4 is 16.5 Å². The Kier molecular flexibility index (Phi) is 6.97. The standard InChI is InChI=1S/C17H31N3S/c1-4-8-15-16(13-18-6-3)21-17(19-15)20-11-7-9-14(5-2)10-12-20/h14,18H,4-13H2,1-3H3. The fourth-order valence-corrected chi connectivity index (χ4v) is 4.21. The third-order valence-electron chi connectivity index (χ3n) is 4.48. The molecule has 2 rings (SSSR count). The normalized spacial score (nSPS) is 19.8. The Bertz CT molecular complexity index is 416. The van der Waals surface area contributed by atoms with Gasteiger partial charge in [-0.25, -0.2) is 4.98 Å². The highest BCUT2D eigenvalue weighted by Gasteiger charge is 2.20. The Morgan fingerprint density at radius 3 is 2.81 bits per heavy atom. The van der Waals surface area contributed by atoms with Gasteiger partial charge in [0, 0.05) is 24.5 Å². The minimum atomic E-state index is 0.923. The Morgan fingerprint density at radius 1 is 1.24 bits per heavy atom. The van der Waals surface area contributed by atoms with Crippen molar-refractivity contribution in [2.24, 2.45) is 5.92 Å². The predicted octanol–water partition coefficient (Wildman–Crippen LogP) is 4.22. The van der Waals surface area contributed by atoms with Crippen LogP contribution in [0.4, 0.5) is 5.13 Å². The molecule has 4 heteroatoms. The second-order valence-electron chi connectivity index (χ2n) is 6.09. The van der Waals surface area contributed by atoms with Gasteiger partial charge >= 0.3 is 0 Å². The topological polar surface area (TPSA) is 28.2 Å². The van der Waals surface area contributed by atoms with Crippen molar-refractivity contribution in [2.75, 3.05) is 24.5 Å². The monoisotopic (exact) mass is 309 g/mol. The number of anilines is 1. The highest BCUT2D eigenvalue weighted by Crippen LogP contribution is 2.30. The molecular formula is C17H31N3S. The predicted molar refractivity (Wildman–Crippen MR) is 93.3 cm³/mol. The molecule has 1 N–H and O–H groups in total. The summed E-state index contributed by atoms with van der Waals surface area (Å²) >= 11 is 1.92. The van der Waals surface area contributed by atoms with Crippen LogP contribution in [-0.4, -0.2) is 24.6 Å². The zero-order valence-electron chi connectivity index (χ0n) is 14.0. The molecule has 0 radical (unpaired) electrons. The summed E-state index contributed by atoms with van der Waals surface area (Å²) in [5, 5.41) is 4.73. The van der Waals surface area contributed by atoms with Crippen LogP contribution in [0.2, 0.25) is 0 Å². The minimum Gasteiger partial charge on any atom is -0.348 e. The summed E-state index contributed by atoms with van der Waals surface area (Å²) in [6.07, 6.45) is 7.68. The van der Waals surface area contributed by atoms with Crippen LogP contribution in [0.5, 0.6) is 0 Å². The Morgan fingerprint density at radius 2 is 2.10 bits per heavy atom. The van der Waals surface area contributed by atoms with Crippen LogP contribution in [0, 0.1) is 5.92 Å². The number of aryl methyl sites for hydroxylation is 1. The number of nitrogens with one attached hydrogen (secondary N) is 1. The van der Waals surface area contributed by atoms with E-state index >= 15 is 0 Å². The van der Waals surface area contributed by atoms with Crippen LogP contribution < -0.4 is 10.2 Å². The molecule has 0 aliphatic carbocycles. The van der Waals surface area contributed by atoms with Gasteiger partial charge in [0.15, 0.2) is 5.13 Å². The van der Waals surface area contributed by atoms with Crippen molar-refractivity contribution in [1.29, 1.82) is 0 Å². The van der Waals surface area contributed by atoms with E-state index in [0.717, 1.165) is 25.4 Å². The Hall–Kier alpha value is -0.610. The van der Waals surface area contributed by atoms with Gasteiger partial charge in [-0.2, -0.15) is 0 Å². The molecule has 120 valence electrons. The van der Waals surface area contributed by atoms with Gasteiger partial charge in [0.25, 0.3) is 0 Å². The van der Waals surface area contributed by atoms with E-state index in [0.29, 0.717) is 0 Å². The van der Waals surface area contributed by atoms with Gasteiger partial charge in [0.2, 0.25) is 0 Å². The van der Waals surface area contributed by atoms with E-state index in [9.17, 15) is 0 Å². The lowest BCUT2D eigenvalue weighted by molar-refractivity contribution is 0.459. The number of hydrogen-bond acceptors (Lipinski definition) is 4. The van der Waals surface area contributed by atoms with Gasteiger partial charge in [0.05, 0.1) is 5.69 Å². The third kappa shape index (κ3) is 4.68. The number of rotatable bonds is 7. The lowest BCUT2D eigenvalue weighted by Crippen LogP contribution is -2.24. The van der Waals surface area contributed by atoms with Gasteiger partial charge in [-0.15, -0.1) is 11.3 Å². The molecule has 1 aliphatic rings. The molecule has 1 aromatic rings. The van der Waals surface area contributed by atoms with Crippen LogP contribution in [0.15, 0.2) is 0 Å². The van der Waals surface area contributed by atoms with Crippen LogP contribution >= 0.6 is 11.3 Å². The van der Waals surface area contributed by atoms with Crippen molar-refractivity contribution < 1.29 is 0 Å². The first-order valence-electron chi connectivity index (χ1n) is 8.72. The maximum absolute atomic E-state index is 4.97. The second-order valence-corrected chi connectivity index (χ2v) is 7.15. The van der Waals surface area contributed by atoms with Crippen LogP contribution in [0.3, 0.4) is 0 Å². The van der Waals surface area contributed by atoms with Gasteiger partial charge in [-0.05, 0) is 38.1 Å².